The van der Waals surface area contributed by atoms with E-state index in [1.165, 1.54) is 0 Å². The fraction of sp³-hybridized carbons (Fsp3) is 0.188. The molecule has 2 aromatic rings. The number of nitrogens with zero attached hydrogens (tertiary/aromatic N) is 1. The number of rotatable bonds is 4. The van der Waals surface area contributed by atoms with Crippen molar-refractivity contribution >= 4 is 11.4 Å². The molecule has 0 aromatic heterocycles. The highest BCUT2D eigenvalue weighted by Gasteiger charge is 2.09. The van der Waals surface area contributed by atoms with E-state index in [4.69, 9.17) is 15.7 Å². The van der Waals surface area contributed by atoms with Gasteiger partial charge in [0.25, 0.3) is 0 Å². The molecule has 1 atom stereocenters. The summed E-state index contributed by atoms with van der Waals surface area (Å²) in [5, 5.41) is 12.5. The number of nitrogens with one attached hydrogen (secondary N) is 1. The van der Waals surface area contributed by atoms with E-state index in [1.54, 1.807) is 19.2 Å². The molecule has 2 rings (SSSR count). The molecule has 0 spiro atoms. The van der Waals surface area contributed by atoms with Crippen LogP contribution >= 0.6 is 0 Å². The van der Waals surface area contributed by atoms with Crippen molar-refractivity contribution in [2.45, 2.75) is 13.0 Å². The van der Waals surface area contributed by atoms with Crippen molar-refractivity contribution in [3.63, 3.8) is 0 Å². The fourth-order valence-electron chi connectivity index (χ4n) is 1.97. The molecule has 0 saturated heterocycles. The van der Waals surface area contributed by atoms with Gasteiger partial charge in [-0.2, -0.15) is 5.26 Å². The van der Waals surface area contributed by atoms with Gasteiger partial charge in [-0.25, -0.2) is 0 Å². The van der Waals surface area contributed by atoms with E-state index < -0.39 is 0 Å². The predicted molar refractivity (Wildman–Crippen MR) is 80.6 cm³/mol. The molecule has 0 radical (unpaired) electrons. The average Bonchev–Trinajstić information content (AvgIpc) is 2.47. The molecule has 2 aromatic carbocycles. The molecular weight excluding hydrogens is 250 g/mol. The Morgan fingerprint density at radius 3 is 2.50 bits per heavy atom. The number of hydrogen-bond donors (Lipinski definition) is 2. The molecule has 0 aliphatic rings. The zero-order valence-corrected chi connectivity index (χ0v) is 11.6. The largest absolute Gasteiger partial charge is 0.497 e. The van der Waals surface area contributed by atoms with Crippen LogP contribution in [-0.2, 0) is 0 Å². The summed E-state index contributed by atoms with van der Waals surface area (Å²) in [6, 6.07) is 15.3. The maximum atomic E-state index is 9.15. The van der Waals surface area contributed by atoms with Crippen LogP contribution in [0.2, 0.25) is 0 Å². The molecule has 3 N–H and O–H groups in total. The average molecular weight is 267 g/mol. The number of anilines is 2. The second kappa shape index (κ2) is 5.98. The first-order valence-corrected chi connectivity index (χ1v) is 6.34. The molecule has 0 amide bonds. The van der Waals surface area contributed by atoms with Crippen LogP contribution in [0.1, 0.15) is 24.1 Å². The van der Waals surface area contributed by atoms with Gasteiger partial charge in [0.05, 0.1) is 18.4 Å². The standard InChI is InChI=1S/C16H17N3O/c1-11(12-3-6-14(18)7-4-12)19-16-9-15(20-2)8-5-13(16)10-17/h3-9,11,19H,18H2,1-2H3. The summed E-state index contributed by atoms with van der Waals surface area (Å²) in [6.07, 6.45) is 0. The molecule has 0 heterocycles. The molecule has 0 fully saturated rings. The highest BCUT2D eigenvalue weighted by atomic mass is 16.5. The van der Waals surface area contributed by atoms with Gasteiger partial charge in [0.2, 0.25) is 0 Å². The van der Waals surface area contributed by atoms with Crippen molar-refractivity contribution in [3.8, 4) is 11.8 Å². The molecule has 20 heavy (non-hydrogen) atoms. The number of benzene rings is 2. The van der Waals surface area contributed by atoms with Crippen molar-refractivity contribution in [1.29, 1.82) is 5.26 Å². The number of methoxy groups -OCH3 is 1. The van der Waals surface area contributed by atoms with Gasteiger partial charge in [-0.05, 0) is 36.8 Å². The molecule has 102 valence electrons. The number of nitrogens with two attached hydrogens (primary N) is 1. The minimum atomic E-state index is 0.0646. The van der Waals surface area contributed by atoms with Gasteiger partial charge in [0.1, 0.15) is 11.8 Å². The van der Waals surface area contributed by atoms with Crippen LogP contribution in [0.5, 0.6) is 5.75 Å². The monoisotopic (exact) mass is 267 g/mol. The molecule has 4 nitrogen and oxygen atoms in total. The van der Waals surface area contributed by atoms with Gasteiger partial charge in [0, 0.05) is 17.8 Å². The molecule has 0 aliphatic heterocycles. The molecular formula is C16H17N3O. The second-order valence-electron chi connectivity index (χ2n) is 4.56. The first kappa shape index (κ1) is 13.8. The zero-order chi connectivity index (χ0) is 14.5. The summed E-state index contributed by atoms with van der Waals surface area (Å²) in [5.41, 5.74) is 8.87. The van der Waals surface area contributed by atoms with E-state index in [9.17, 15) is 0 Å². The van der Waals surface area contributed by atoms with Crippen molar-refractivity contribution in [2.75, 3.05) is 18.2 Å². The smallest absolute Gasteiger partial charge is 0.121 e. The SMILES string of the molecule is COc1ccc(C#N)c(NC(C)c2ccc(N)cc2)c1. The summed E-state index contributed by atoms with van der Waals surface area (Å²) in [4.78, 5) is 0. The molecule has 4 heteroatoms. The lowest BCUT2D eigenvalue weighted by molar-refractivity contribution is 0.415. The van der Waals surface area contributed by atoms with Crippen molar-refractivity contribution in [3.05, 3.63) is 53.6 Å². The molecule has 0 aliphatic carbocycles. The van der Waals surface area contributed by atoms with Crippen LogP contribution in [0.3, 0.4) is 0 Å². The zero-order valence-electron chi connectivity index (χ0n) is 11.6. The van der Waals surface area contributed by atoms with Crippen molar-refractivity contribution in [1.82, 2.24) is 0 Å². The maximum absolute atomic E-state index is 9.15. The molecule has 0 saturated carbocycles. The van der Waals surface area contributed by atoms with Gasteiger partial charge in [-0.3, -0.25) is 0 Å². The molecule has 1 unspecified atom stereocenters. The summed E-state index contributed by atoms with van der Waals surface area (Å²) >= 11 is 0. The number of ether oxygens (including phenoxy) is 1. The Bertz CT molecular complexity index is 629. The highest BCUT2D eigenvalue weighted by Crippen LogP contribution is 2.26. The van der Waals surface area contributed by atoms with Crippen molar-refractivity contribution < 1.29 is 4.74 Å². The minimum Gasteiger partial charge on any atom is -0.497 e. The van der Waals surface area contributed by atoms with Crippen LogP contribution in [0.25, 0.3) is 0 Å². The highest BCUT2D eigenvalue weighted by molar-refractivity contribution is 5.61. The lowest BCUT2D eigenvalue weighted by Gasteiger charge is -2.17. The van der Waals surface area contributed by atoms with E-state index in [1.807, 2.05) is 37.3 Å². The van der Waals surface area contributed by atoms with Crippen LogP contribution < -0.4 is 15.8 Å². The Hall–Kier alpha value is -2.67. The Morgan fingerprint density at radius 1 is 1.20 bits per heavy atom. The predicted octanol–water partition coefficient (Wildman–Crippen LogP) is 3.32. The Labute approximate surface area is 118 Å². The van der Waals surface area contributed by atoms with Gasteiger partial charge in [0.15, 0.2) is 0 Å². The topological polar surface area (TPSA) is 71.1 Å². The normalized spacial score (nSPS) is 11.4. The van der Waals surface area contributed by atoms with Gasteiger partial charge in [-0.15, -0.1) is 0 Å². The summed E-state index contributed by atoms with van der Waals surface area (Å²) in [7, 11) is 1.61. The first-order chi connectivity index (χ1) is 9.63. The van der Waals surface area contributed by atoms with E-state index in [0.29, 0.717) is 5.56 Å². The Kier molecular flexibility index (Phi) is 4.11. The number of hydrogen-bond acceptors (Lipinski definition) is 4. The van der Waals surface area contributed by atoms with E-state index in [-0.39, 0.29) is 6.04 Å². The van der Waals surface area contributed by atoms with Gasteiger partial charge < -0.3 is 15.8 Å². The lowest BCUT2D eigenvalue weighted by atomic mass is 10.1. The van der Waals surface area contributed by atoms with E-state index in [2.05, 4.69) is 11.4 Å². The fourth-order valence-corrected chi connectivity index (χ4v) is 1.97. The van der Waals surface area contributed by atoms with Crippen LogP contribution in [0.15, 0.2) is 42.5 Å². The van der Waals surface area contributed by atoms with Gasteiger partial charge in [-0.1, -0.05) is 12.1 Å². The maximum Gasteiger partial charge on any atom is 0.121 e. The van der Waals surface area contributed by atoms with E-state index >= 15 is 0 Å². The van der Waals surface area contributed by atoms with Crippen LogP contribution in [-0.4, -0.2) is 7.11 Å². The lowest BCUT2D eigenvalue weighted by Crippen LogP contribution is -2.08. The summed E-state index contributed by atoms with van der Waals surface area (Å²) in [5.74, 6) is 0.719. The third kappa shape index (κ3) is 3.01. The van der Waals surface area contributed by atoms with Gasteiger partial charge >= 0.3 is 0 Å². The number of nitriles is 1. The minimum absolute atomic E-state index is 0.0646. The summed E-state index contributed by atoms with van der Waals surface area (Å²) in [6.45, 7) is 2.03. The first-order valence-electron chi connectivity index (χ1n) is 6.34. The second-order valence-corrected chi connectivity index (χ2v) is 4.56. The summed E-state index contributed by atoms with van der Waals surface area (Å²) < 4.78 is 5.19. The third-order valence-corrected chi connectivity index (χ3v) is 3.16. The van der Waals surface area contributed by atoms with Crippen molar-refractivity contribution in [2.24, 2.45) is 0 Å². The van der Waals surface area contributed by atoms with Crippen LogP contribution in [0.4, 0.5) is 11.4 Å². The van der Waals surface area contributed by atoms with Crippen LogP contribution in [0, 0.1) is 11.3 Å². The van der Waals surface area contributed by atoms with E-state index in [0.717, 1.165) is 22.7 Å². The number of nitrogen functional groups attached to an aromatic ring is 1. The quantitative estimate of drug-likeness (QED) is 0.834. The Morgan fingerprint density at radius 2 is 1.90 bits per heavy atom. The Balaban J connectivity index is 2.24. The third-order valence-electron chi connectivity index (χ3n) is 3.16. The molecule has 0 bridgehead atoms.